The first kappa shape index (κ1) is 11.8. The highest BCUT2D eigenvalue weighted by Crippen LogP contribution is 2.33. The van der Waals surface area contributed by atoms with Gasteiger partial charge in [0.1, 0.15) is 0 Å². The van der Waals surface area contributed by atoms with E-state index in [9.17, 15) is 0 Å². The van der Waals surface area contributed by atoms with Gasteiger partial charge in [0, 0.05) is 5.75 Å². The van der Waals surface area contributed by atoms with Gasteiger partial charge in [0.25, 0.3) is 0 Å². The topological polar surface area (TPSA) is 9.23 Å². The minimum Gasteiger partial charge on any atom is -0.425 e. The van der Waals surface area contributed by atoms with Crippen LogP contribution in [0.25, 0.3) is 0 Å². The molecule has 0 bridgehead atoms. The maximum atomic E-state index is 5.62. The number of hydrogen-bond donors (Lipinski definition) is 0. The summed E-state index contributed by atoms with van der Waals surface area (Å²) >= 11 is 3.26. The van der Waals surface area contributed by atoms with E-state index >= 15 is 0 Å². The summed E-state index contributed by atoms with van der Waals surface area (Å²) in [6.45, 7) is 4.26. The lowest BCUT2D eigenvalue weighted by molar-refractivity contribution is 0.626. The molecule has 0 spiro atoms. The van der Waals surface area contributed by atoms with Crippen molar-refractivity contribution in [2.75, 3.05) is 12.0 Å². The summed E-state index contributed by atoms with van der Waals surface area (Å²) in [4.78, 5) is 1.27. The fourth-order valence-corrected chi connectivity index (χ4v) is 2.48. The molecule has 1 nitrogen and oxygen atoms in total. The number of rotatable bonds is 5. The zero-order chi connectivity index (χ0) is 10.4. The first-order valence-electron chi connectivity index (χ1n) is 4.78. The van der Waals surface area contributed by atoms with Crippen LogP contribution in [-0.2, 0) is 6.42 Å². The molecular weight excluding hydrogens is 212 g/mol. The minimum absolute atomic E-state index is 0.976. The molecule has 0 aliphatic carbocycles. The summed E-state index contributed by atoms with van der Waals surface area (Å²) < 4.78 is 5.62. The molecule has 0 heterocycles. The number of hydrogen-bond acceptors (Lipinski definition) is 3. The lowest BCUT2D eigenvalue weighted by atomic mass is 10.2. The van der Waals surface area contributed by atoms with Gasteiger partial charge in [-0.25, -0.2) is 0 Å². The monoisotopic (exact) mass is 228 g/mol. The molecule has 1 aromatic rings. The molecule has 78 valence electrons. The quantitative estimate of drug-likeness (QED) is 0.556. The van der Waals surface area contributed by atoms with Gasteiger partial charge in [-0.05, 0) is 24.3 Å². The van der Waals surface area contributed by atoms with Crippen molar-refractivity contribution in [1.82, 2.24) is 0 Å². The molecule has 0 amide bonds. The molecular formula is C11H16OS2. The second-order valence-electron chi connectivity index (χ2n) is 2.79. The van der Waals surface area contributed by atoms with Crippen LogP contribution in [0.4, 0.5) is 0 Å². The van der Waals surface area contributed by atoms with Crippen LogP contribution < -0.4 is 4.18 Å². The van der Waals surface area contributed by atoms with Crippen molar-refractivity contribution in [3.63, 3.8) is 0 Å². The van der Waals surface area contributed by atoms with Gasteiger partial charge >= 0.3 is 0 Å². The van der Waals surface area contributed by atoms with Crippen LogP contribution in [0.2, 0.25) is 0 Å². The Morgan fingerprint density at radius 1 is 1.29 bits per heavy atom. The minimum atomic E-state index is 0.976. The van der Waals surface area contributed by atoms with Crippen LogP contribution in [0, 0.1) is 0 Å². The van der Waals surface area contributed by atoms with Crippen molar-refractivity contribution >= 4 is 23.8 Å². The Morgan fingerprint density at radius 3 is 2.64 bits per heavy atom. The van der Waals surface area contributed by atoms with Crippen LogP contribution in [0.1, 0.15) is 19.4 Å². The molecule has 0 fully saturated rings. The first-order valence-corrected chi connectivity index (χ1v) is 6.92. The number of aryl methyl sites for hydroxylation is 1. The molecule has 0 aliphatic heterocycles. The average Bonchev–Trinajstić information content (AvgIpc) is 2.25. The van der Waals surface area contributed by atoms with Gasteiger partial charge in [-0.15, -0.1) is 11.8 Å². The maximum Gasteiger partial charge on any atom is 0.151 e. The van der Waals surface area contributed by atoms with Gasteiger partial charge in [-0.1, -0.05) is 26.0 Å². The van der Waals surface area contributed by atoms with Crippen LogP contribution in [-0.4, -0.2) is 12.0 Å². The van der Waals surface area contributed by atoms with E-state index in [4.69, 9.17) is 4.18 Å². The molecule has 0 saturated carbocycles. The highest BCUT2D eigenvalue weighted by Gasteiger charge is 2.07. The molecule has 0 radical (unpaired) electrons. The van der Waals surface area contributed by atoms with E-state index in [1.54, 1.807) is 11.8 Å². The highest BCUT2D eigenvalue weighted by atomic mass is 32.2. The third-order valence-corrected chi connectivity index (χ3v) is 3.32. The van der Waals surface area contributed by atoms with Gasteiger partial charge in [-0.3, -0.25) is 0 Å². The summed E-state index contributed by atoms with van der Waals surface area (Å²) in [5, 5.41) is 0. The molecule has 0 aliphatic rings. The van der Waals surface area contributed by atoms with Gasteiger partial charge in [0.2, 0.25) is 0 Å². The Balaban J connectivity index is 2.90. The Labute approximate surface area is 94.8 Å². The van der Waals surface area contributed by atoms with Crippen LogP contribution in [0.3, 0.4) is 0 Å². The molecule has 1 aromatic carbocycles. The van der Waals surface area contributed by atoms with Gasteiger partial charge in [0.05, 0.1) is 16.9 Å². The maximum absolute atomic E-state index is 5.62. The highest BCUT2D eigenvalue weighted by molar-refractivity contribution is 7.99. The van der Waals surface area contributed by atoms with Crippen molar-refractivity contribution in [3.05, 3.63) is 23.8 Å². The van der Waals surface area contributed by atoms with Crippen molar-refractivity contribution in [1.29, 1.82) is 0 Å². The van der Waals surface area contributed by atoms with Crippen molar-refractivity contribution in [2.45, 2.75) is 25.2 Å². The lowest BCUT2D eigenvalue weighted by Gasteiger charge is -2.10. The predicted octanol–water partition coefficient (Wildman–Crippen LogP) is 4.02. The van der Waals surface area contributed by atoms with Crippen molar-refractivity contribution in [3.8, 4) is 5.75 Å². The zero-order valence-electron chi connectivity index (χ0n) is 8.87. The second kappa shape index (κ2) is 6.25. The molecule has 0 atom stereocenters. The standard InChI is InChI=1S/C11H16OS2/c1-4-9-7-6-8-10(11(9)13-3)12-14-5-2/h6-8H,4-5H2,1-3H3. The summed E-state index contributed by atoms with van der Waals surface area (Å²) in [5.74, 6) is 1.98. The molecule has 0 unspecified atom stereocenters. The lowest BCUT2D eigenvalue weighted by Crippen LogP contribution is -1.90. The Kier molecular flexibility index (Phi) is 5.26. The van der Waals surface area contributed by atoms with Crippen molar-refractivity contribution < 1.29 is 4.18 Å². The van der Waals surface area contributed by atoms with E-state index in [-0.39, 0.29) is 0 Å². The van der Waals surface area contributed by atoms with E-state index in [1.807, 2.05) is 6.07 Å². The number of thioether (sulfide) groups is 1. The fourth-order valence-electron chi connectivity index (χ4n) is 1.26. The predicted molar refractivity (Wildman–Crippen MR) is 66.4 cm³/mol. The van der Waals surface area contributed by atoms with Gasteiger partial charge in [0.15, 0.2) is 5.75 Å². The van der Waals surface area contributed by atoms with Gasteiger partial charge < -0.3 is 4.18 Å². The Morgan fingerprint density at radius 2 is 2.07 bits per heavy atom. The van der Waals surface area contributed by atoms with E-state index < -0.39 is 0 Å². The van der Waals surface area contributed by atoms with E-state index in [0.29, 0.717) is 0 Å². The molecule has 0 aromatic heterocycles. The largest absolute Gasteiger partial charge is 0.425 e. The number of benzene rings is 1. The van der Waals surface area contributed by atoms with Gasteiger partial charge in [-0.2, -0.15) is 0 Å². The zero-order valence-corrected chi connectivity index (χ0v) is 10.5. The smallest absolute Gasteiger partial charge is 0.151 e. The summed E-state index contributed by atoms with van der Waals surface area (Å²) in [6.07, 6.45) is 3.15. The average molecular weight is 228 g/mol. The third-order valence-electron chi connectivity index (χ3n) is 1.91. The normalized spacial score (nSPS) is 10.2. The van der Waals surface area contributed by atoms with Crippen LogP contribution in [0.5, 0.6) is 5.75 Å². The fraction of sp³-hybridized carbons (Fsp3) is 0.455. The summed E-state index contributed by atoms with van der Waals surface area (Å²) in [6, 6.07) is 6.26. The molecule has 14 heavy (non-hydrogen) atoms. The molecule has 3 heteroatoms. The second-order valence-corrected chi connectivity index (χ2v) is 4.59. The van der Waals surface area contributed by atoms with E-state index in [1.165, 1.54) is 22.5 Å². The van der Waals surface area contributed by atoms with Crippen molar-refractivity contribution in [2.24, 2.45) is 0 Å². The SMILES string of the molecule is CCSOc1cccc(CC)c1SC. The van der Waals surface area contributed by atoms with Crippen LogP contribution >= 0.6 is 23.8 Å². The van der Waals surface area contributed by atoms with E-state index in [0.717, 1.165) is 17.9 Å². The molecule has 0 saturated heterocycles. The first-order chi connectivity index (χ1) is 6.83. The summed E-state index contributed by atoms with van der Waals surface area (Å²) in [5.41, 5.74) is 1.37. The Bertz CT molecular complexity index is 287. The Hall–Kier alpha value is -0.280. The molecule has 0 N–H and O–H groups in total. The van der Waals surface area contributed by atoms with Crippen LogP contribution in [0.15, 0.2) is 23.1 Å². The summed E-state index contributed by atoms with van der Waals surface area (Å²) in [7, 11) is 0. The third kappa shape index (κ3) is 2.85. The molecule has 1 rings (SSSR count). The van der Waals surface area contributed by atoms with E-state index in [2.05, 4.69) is 32.2 Å².